The standard InChI is InChI=1S/C22H27N3O4/c1-15(25-21(27)18-5-3-4-6-19(18)22(25)28)20(26)24-13-11-23(12-14-24)16-7-9-17(29-2)10-8-16/h3-4,7-10,15,18-19H,5-6,11-14H2,1-2H3/t15-,18?,19?/m0/s1. The summed E-state index contributed by atoms with van der Waals surface area (Å²) in [6, 6.07) is 7.13. The molecular weight excluding hydrogens is 370 g/mol. The van der Waals surface area contributed by atoms with Crippen LogP contribution in [0.15, 0.2) is 36.4 Å². The Kier molecular flexibility index (Phi) is 5.30. The number of allylic oxidation sites excluding steroid dienone is 2. The van der Waals surface area contributed by atoms with E-state index in [1.807, 2.05) is 36.4 Å². The summed E-state index contributed by atoms with van der Waals surface area (Å²) < 4.78 is 5.20. The molecule has 7 heteroatoms. The zero-order chi connectivity index (χ0) is 20.5. The van der Waals surface area contributed by atoms with E-state index in [2.05, 4.69) is 4.90 Å². The van der Waals surface area contributed by atoms with E-state index in [-0.39, 0.29) is 29.6 Å². The van der Waals surface area contributed by atoms with Crippen molar-refractivity contribution in [2.75, 3.05) is 38.2 Å². The number of hydrogen-bond donors (Lipinski definition) is 0. The Bertz CT molecular complexity index is 801. The summed E-state index contributed by atoms with van der Waals surface area (Å²) in [5.74, 6) is -0.312. The van der Waals surface area contributed by atoms with Crippen molar-refractivity contribution in [1.29, 1.82) is 0 Å². The van der Waals surface area contributed by atoms with E-state index in [9.17, 15) is 14.4 Å². The van der Waals surface area contributed by atoms with Gasteiger partial charge in [0.15, 0.2) is 0 Å². The van der Waals surface area contributed by atoms with Crippen LogP contribution < -0.4 is 9.64 Å². The van der Waals surface area contributed by atoms with Gasteiger partial charge < -0.3 is 14.5 Å². The second kappa shape index (κ2) is 7.89. The van der Waals surface area contributed by atoms with Crippen molar-refractivity contribution < 1.29 is 19.1 Å². The van der Waals surface area contributed by atoms with Crippen LogP contribution in [0.1, 0.15) is 19.8 Å². The van der Waals surface area contributed by atoms with Crippen molar-refractivity contribution in [3.63, 3.8) is 0 Å². The number of piperazine rings is 1. The summed E-state index contributed by atoms with van der Waals surface area (Å²) in [6.07, 6.45) is 5.10. The lowest BCUT2D eigenvalue weighted by atomic mass is 9.85. The van der Waals surface area contributed by atoms with E-state index in [0.717, 1.165) is 11.4 Å². The molecule has 29 heavy (non-hydrogen) atoms. The summed E-state index contributed by atoms with van der Waals surface area (Å²) in [4.78, 5) is 43.8. The number of likely N-dealkylation sites (tertiary alicyclic amines) is 1. The van der Waals surface area contributed by atoms with Gasteiger partial charge in [0.25, 0.3) is 0 Å². The third-order valence-corrected chi connectivity index (χ3v) is 6.32. The molecule has 2 aliphatic heterocycles. The third-order valence-electron chi connectivity index (χ3n) is 6.32. The summed E-state index contributed by atoms with van der Waals surface area (Å²) in [7, 11) is 1.64. The van der Waals surface area contributed by atoms with Gasteiger partial charge in [-0.1, -0.05) is 12.2 Å². The number of carbonyl (C=O) groups is 3. The molecule has 1 aliphatic carbocycles. The van der Waals surface area contributed by atoms with Crippen LogP contribution in [0, 0.1) is 11.8 Å². The Morgan fingerprint density at radius 1 is 0.966 bits per heavy atom. The Morgan fingerprint density at radius 3 is 2.03 bits per heavy atom. The molecule has 0 aromatic heterocycles. The molecule has 7 nitrogen and oxygen atoms in total. The molecule has 0 saturated carbocycles. The van der Waals surface area contributed by atoms with Gasteiger partial charge in [-0.3, -0.25) is 19.3 Å². The van der Waals surface area contributed by atoms with Crippen LogP contribution in [-0.2, 0) is 14.4 Å². The molecule has 0 radical (unpaired) electrons. The number of benzene rings is 1. The normalized spacial score (nSPS) is 25.2. The molecule has 3 amide bonds. The average molecular weight is 397 g/mol. The first-order valence-corrected chi connectivity index (χ1v) is 10.2. The minimum absolute atomic E-state index is 0.146. The van der Waals surface area contributed by atoms with Crippen molar-refractivity contribution in [3.05, 3.63) is 36.4 Å². The predicted molar refractivity (Wildman–Crippen MR) is 108 cm³/mol. The highest BCUT2D eigenvalue weighted by atomic mass is 16.5. The van der Waals surface area contributed by atoms with Crippen LogP contribution in [0.4, 0.5) is 5.69 Å². The van der Waals surface area contributed by atoms with E-state index in [1.54, 1.807) is 18.9 Å². The maximum atomic E-state index is 13.0. The van der Waals surface area contributed by atoms with E-state index in [4.69, 9.17) is 4.74 Å². The Balaban J connectivity index is 1.38. The highest BCUT2D eigenvalue weighted by Gasteiger charge is 2.50. The Morgan fingerprint density at radius 2 is 1.52 bits per heavy atom. The number of imide groups is 1. The van der Waals surface area contributed by atoms with Crippen LogP contribution in [0.2, 0.25) is 0 Å². The number of hydrogen-bond acceptors (Lipinski definition) is 5. The largest absolute Gasteiger partial charge is 0.497 e. The van der Waals surface area contributed by atoms with E-state index in [0.29, 0.717) is 39.0 Å². The Labute approximate surface area is 170 Å². The molecule has 4 rings (SSSR count). The van der Waals surface area contributed by atoms with Crippen molar-refractivity contribution >= 4 is 23.4 Å². The third kappa shape index (κ3) is 3.50. The Hall–Kier alpha value is -2.83. The molecule has 2 fully saturated rings. The lowest BCUT2D eigenvalue weighted by molar-refractivity contribution is -0.151. The summed E-state index contributed by atoms with van der Waals surface area (Å²) in [5, 5.41) is 0. The molecule has 2 heterocycles. The number of amides is 3. The van der Waals surface area contributed by atoms with Crippen molar-refractivity contribution in [1.82, 2.24) is 9.80 Å². The van der Waals surface area contributed by atoms with E-state index >= 15 is 0 Å². The van der Waals surface area contributed by atoms with Gasteiger partial charge in [-0.05, 0) is 44.0 Å². The zero-order valence-electron chi connectivity index (χ0n) is 16.9. The quantitative estimate of drug-likeness (QED) is 0.571. The van der Waals surface area contributed by atoms with Crippen LogP contribution in [0.5, 0.6) is 5.75 Å². The smallest absolute Gasteiger partial charge is 0.245 e. The summed E-state index contributed by atoms with van der Waals surface area (Å²) in [5.41, 5.74) is 1.09. The second-order valence-electron chi connectivity index (χ2n) is 7.89. The fourth-order valence-electron chi connectivity index (χ4n) is 4.56. The fraction of sp³-hybridized carbons (Fsp3) is 0.500. The van der Waals surface area contributed by atoms with E-state index in [1.165, 1.54) is 4.90 Å². The van der Waals surface area contributed by atoms with Gasteiger partial charge in [-0.15, -0.1) is 0 Å². The molecule has 0 spiro atoms. The van der Waals surface area contributed by atoms with Gasteiger partial charge in [-0.25, -0.2) is 0 Å². The summed E-state index contributed by atoms with van der Waals surface area (Å²) >= 11 is 0. The van der Waals surface area contributed by atoms with Gasteiger partial charge in [0, 0.05) is 31.9 Å². The molecular formula is C22H27N3O4. The van der Waals surface area contributed by atoms with Crippen LogP contribution in [0.25, 0.3) is 0 Å². The maximum absolute atomic E-state index is 13.0. The minimum Gasteiger partial charge on any atom is -0.497 e. The first kappa shape index (κ1) is 19.5. The topological polar surface area (TPSA) is 70.2 Å². The second-order valence-corrected chi connectivity index (χ2v) is 7.89. The van der Waals surface area contributed by atoms with Crippen LogP contribution in [0.3, 0.4) is 0 Å². The molecule has 3 aliphatic rings. The molecule has 2 unspecified atom stereocenters. The monoisotopic (exact) mass is 397 g/mol. The molecule has 0 N–H and O–H groups in total. The van der Waals surface area contributed by atoms with Crippen LogP contribution >= 0.6 is 0 Å². The molecule has 3 atom stereocenters. The zero-order valence-corrected chi connectivity index (χ0v) is 16.9. The van der Waals surface area contributed by atoms with Crippen molar-refractivity contribution in [2.24, 2.45) is 11.8 Å². The SMILES string of the molecule is COc1ccc(N2CCN(C(=O)[C@H](C)N3C(=O)C4CC=CCC4C3=O)CC2)cc1. The maximum Gasteiger partial charge on any atom is 0.245 e. The number of ether oxygens (including phenoxy) is 1. The first-order valence-electron chi connectivity index (χ1n) is 10.2. The van der Waals surface area contributed by atoms with Crippen molar-refractivity contribution in [2.45, 2.75) is 25.8 Å². The number of carbonyl (C=O) groups excluding carboxylic acids is 3. The number of methoxy groups -OCH3 is 1. The molecule has 1 aromatic rings. The lowest BCUT2D eigenvalue weighted by Crippen LogP contribution is -2.55. The number of anilines is 1. The number of rotatable bonds is 4. The molecule has 154 valence electrons. The van der Waals surface area contributed by atoms with Gasteiger partial charge in [0.2, 0.25) is 17.7 Å². The van der Waals surface area contributed by atoms with Gasteiger partial charge >= 0.3 is 0 Å². The summed E-state index contributed by atoms with van der Waals surface area (Å²) in [6.45, 7) is 4.24. The van der Waals surface area contributed by atoms with Gasteiger partial charge in [0.05, 0.1) is 18.9 Å². The van der Waals surface area contributed by atoms with Crippen molar-refractivity contribution in [3.8, 4) is 5.75 Å². The molecule has 2 saturated heterocycles. The van der Waals surface area contributed by atoms with Gasteiger partial charge in [-0.2, -0.15) is 0 Å². The number of nitrogens with zero attached hydrogens (tertiary/aromatic N) is 3. The van der Waals surface area contributed by atoms with E-state index < -0.39 is 6.04 Å². The highest BCUT2D eigenvalue weighted by Crippen LogP contribution is 2.36. The predicted octanol–water partition coefficient (Wildman–Crippen LogP) is 1.68. The van der Waals surface area contributed by atoms with Crippen LogP contribution in [-0.4, -0.2) is 66.9 Å². The van der Waals surface area contributed by atoms with Gasteiger partial charge in [0.1, 0.15) is 11.8 Å². The fourth-order valence-corrected chi connectivity index (χ4v) is 4.56. The first-order chi connectivity index (χ1) is 14.0. The highest BCUT2D eigenvalue weighted by molar-refractivity contribution is 6.08. The molecule has 0 bridgehead atoms. The molecule has 1 aromatic carbocycles. The average Bonchev–Trinajstić information content (AvgIpc) is 3.03. The number of fused-ring (bicyclic) bond motifs is 1. The minimum atomic E-state index is -0.742. The lowest BCUT2D eigenvalue weighted by Gasteiger charge is -2.38.